The Hall–Kier alpha value is -1.33. The lowest BCUT2D eigenvalue weighted by atomic mass is 10.0. The van der Waals surface area contributed by atoms with E-state index in [1.54, 1.807) is 7.11 Å². The minimum atomic E-state index is 0.329. The Bertz CT molecular complexity index is 640. The first-order valence-electron chi connectivity index (χ1n) is 6.57. The predicted octanol–water partition coefficient (Wildman–Crippen LogP) is 3.30. The first-order chi connectivity index (χ1) is 9.22. The van der Waals surface area contributed by atoms with Crippen molar-refractivity contribution in [1.29, 1.82) is 0 Å². The summed E-state index contributed by atoms with van der Waals surface area (Å²) < 4.78 is 13.8. The molecule has 0 bridgehead atoms. The van der Waals surface area contributed by atoms with Crippen molar-refractivity contribution >= 4 is 23.3 Å². The fourth-order valence-electron chi connectivity index (χ4n) is 2.84. The molecule has 0 spiro atoms. The highest BCUT2D eigenvalue weighted by Crippen LogP contribution is 2.32. The molecule has 4 nitrogen and oxygen atoms in total. The van der Waals surface area contributed by atoms with Crippen molar-refractivity contribution in [3.8, 4) is 5.75 Å². The quantitative estimate of drug-likeness (QED) is 0.876. The van der Waals surface area contributed by atoms with Gasteiger partial charge in [0.05, 0.1) is 19.2 Å². The number of benzene rings is 1. The SMILES string of the molecule is COc1cccc2c1[nH]c(=S)n2C(C)C1CCOC1. The summed E-state index contributed by atoms with van der Waals surface area (Å²) >= 11 is 5.48. The normalized spacial score (nSPS) is 20.8. The standard InChI is InChI=1S/C14H18N2O2S/c1-9(10-6-7-18-8-10)16-11-4-3-5-12(17-2)13(11)15-14(16)19/h3-5,9-10H,6-8H2,1-2H3,(H,15,19). The molecule has 1 saturated heterocycles. The maximum atomic E-state index is 5.49. The number of ether oxygens (including phenoxy) is 2. The second kappa shape index (κ2) is 4.98. The first kappa shape index (κ1) is 12.7. The number of nitrogens with zero attached hydrogens (tertiary/aromatic N) is 1. The number of H-pyrrole nitrogens is 1. The van der Waals surface area contributed by atoms with Gasteiger partial charge in [0.1, 0.15) is 11.3 Å². The van der Waals surface area contributed by atoms with Gasteiger partial charge in [0.25, 0.3) is 0 Å². The van der Waals surface area contributed by atoms with Crippen LogP contribution in [0.4, 0.5) is 0 Å². The molecule has 2 heterocycles. The maximum Gasteiger partial charge on any atom is 0.178 e. The molecule has 0 saturated carbocycles. The minimum absolute atomic E-state index is 0.329. The Morgan fingerprint density at radius 1 is 1.53 bits per heavy atom. The van der Waals surface area contributed by atoms with E-state index in [-0.39, 0.29) is 0 Å². The van der Waals surface area contributed by atoms with Gasteiger partial charge in [0, 0.05) is 18.6 Å². The van der Waals surface area contributed by atoms with Crippen molar-refractivity contribution in [2.45, 2.75) is 19.4 Å². The van der Waals surface area contributed by atoms with E-state index in [2.05, 4.69) is 22.5 Å². The largest absolute Gasteiger partial charge is 0.494 e. The third-order valence-electron chi connectivity index (χ3n) is 3.99. The molecule has 1 aromatic carbocycles. The number of methoxy groups -OCH3 is 1. The molecule has 1 aromatic heterocycles. The van der Waals surface area contributed by atoms with Gasteiger partial charge >= 0.3 is 0 Å². The van der Waals surface area contributed by atoms with Gasteiger partial charge in [-0.2, -0.15) is 0 Å². The summed E-state index contributed by atoms with van der Waals surface area (Å²) in [5, 5.41) is 0. The van der Waals surface area contributed by atoms with E-state index >= 15 is 0 Å². The van der Waals surface area contributed by atoms with Crippen LogP contribution in [0.2, 0.25) is 0 Å². The fourth-order valence-corrected chi connectivity index (χ4v) is 3.21. The molecule has 0 amide bonds. The summed E-state index contributed by atoms with van der Waals surface area (Å²) in [6.07, 6.45) is 1.10. The minimum Gasteiger partial charge on any atom is -0.494 e. The van der Waals surface area contributed by atoms with Crippen LogP contribution in [0.3, 0.4) is 0 Å². The van der Waals surface area contributed by atoms with Crippen LogP contribution in [0.25, 0.3) is 11.0 Å². The summed E-state index contributed by atoms with van der Waals surface area (Å²) in [5.41, 5.74) is 2.07. The van der Waals surface area contributed by atoms with Crippen LogP contribution in [-0.2, 0) is 4.74 Å². The molecule has 19 heavy (non-hydrogen) atoms. The predicted molar refractivity (Wildman–Crippen MR) is 77.3 cm³/mol. The number of fused-ring (bicyclic) bond motifs is 1. The number of rotatable bonds is 3. The smallest absolute Gasteiger partial charge is 0.178 e. The Morgan fingerprint density at radius 2 is 2.37 bits per heavy atom. The second-order valence-electron chi connectivity index (χ2n) is 5.02. The maximum absolute atomic E-state index is 5.49. The monoisotopic (exact) mass is 278 g/mol. The Kier molecular flexibility index (Phi) is 3.33. The van der Waals surface area contributed by atoms with E-state index in [0.29, 0.717) is 12.0 Å². The molecule has 5 heteroatoms. The average Bonchev–Trinajstić information content (AvgIpc) is 3.04. The molecule has 1 fully saturated rings. The molecule has 0 radical (unpaired) electrons. The molecule has 1 aliphatic rings. The summed E-state index contributed by atoms with van der Waals surface area (Å²) in [5.74, 6) is 1.36. The van der Waals surface area contributed by atoms with Gasteiger partial charge in [-0.1, -0.05) is 6.07 Å². The number of imidazole rings is 1. The zero-order valence-corrected chi connectivity index (χ0v) is 12.0. The van der Waals surface area contributed by atoms with Crippen LogP contribution in [-0.4, -0.2) is 29.9 Å². The van der Waals surface area contributed by atoms with Crippen molar-refractivity contribution in [2.24, 2.45) is 5.92 Å². The lowest BCUT2D eigenvalue weighted by molar-refractivity contribution is 0.175. The third kappa shape index (κ3) is 2.07. The van der Waals surface area contributed by atoms with E-state index in [0.717, 1.165) is 41.2 Å². The molecule has 2 aromatic rings. The van der Waals surface area contributed by atoms with E-state index in [1.165, 1.54) is 0 Å². The molecule has 3 rings (SSSR count). The lowest BCUT2D eigenvalue weighted by Crippen LogP contribution is -2.16. The van der Waals surface area contributed by atoms with E-state index in [9.17, 15) is 0 Å². The summed E-state index contributed by atoms with van der Waals surface area (Å²) in [4.78, 5) is 3.26. The van der Waals surface area contributed by atoms with Crippen LogP contribution in [0, 0.1) is 10.7 Å². The van der Waals surface area contributed by atoms with Gasteiger partial charge in [-0.3, -0.25) is 0 Å². The van der Waals surface area contributed by atoms with Gasteiger partial charge in [-0.15, -0.1) is 0 Å². The van der Waals surface area contributed by atoms with Gasteiger partial charge < -0.3 is 19.0 Å². The Balaban J connectivity index is 2.12. The van der Waals surface area contributed by atoms with Gasteiger partial charge in [0.15, 0.2) is 4.77 Å². The summed E-state index contributed by atoms with van der Waals surface area (Å²) in [6, 6.07) is 6.35. The van der Waals surface area contributed by atoms with Crippen LogP contribution in [0.5, 0.6) is 5.75 Å². The molecule has 102 valence electrons. The van der Waals surface area contributed by atoms with Gasteiger partial charge in [-0.05, 0) is 37.7 Å². The third-order valence-corrected chi connectivity index (χ3v) is 4.29. The molecule has 1 aliphatic heterocycles. The van der Waals surface area contributed by atoms with Gasteiger partial charge in [-0.25, -0.2) is 0 Å². The van der Waals surface area contributed by atoms with Crippen LogP contribution < -0.4 is 4.74 Å². The number of aromatic nitrogens is 2. The van der Waals surface area contributed by atoms with Crippen LogP contribution in [0.1, 0.15) is 19.4 Å². The number of aromatic amines is 1. The zero-order chi connectivity index (χ0) is 13.4. The average molecular weight is 278 g/mol. The molecule has 2 atom stereocenters. The number of hydrogen-bond donors (Lipinski definition) is 1. The molecular formula is C14H18N2O2S. The van der Waals surface area contributed by atoms with Crippen molar-refractivity contribution in [3.05, 3.63) is 23.0 Å². The first-order valence-corrected chi connectivity index (χ1v) is 6.98. The van der Waals surface area contributed by atoms with E-state index < -0.39 is 0 Å². The molecular weight excluding hydrogens is 260 g/mol. The highest BCUT2D eigenvalue weighted by Gasteiger charge is 2.25. The summed E-state index contributed by atoms with van der Waals surface area (Å²) in [6.45, 7) is 3.88. The lowest BCUT2D eigenvalue weighted by Gasteiger charge is -2.20. The number of hydrogen-bond acceptors (Lipinski definition) is 3. The van der Waals surface area contributed by atoms with Gasteiger partial charge in [0.2, 0.25) is 0 Å². The Morgan fingerprint density at radius 3 is 3.05 bits per heavy atom. The summed E-state index contributed by atoms with van der Waals surface area (Å²) in [7, 11) is 1.68. The topological polar surface area (TPSA) is 39.2 Å². The van der Waals surface area contributed by atoms with Crippen molar-refractivity contribution in [3.63, 3.8) is 0 Å². The molecule has 0 aliphatic carbocycles. The molecule has 1 N–H and O–H groups in total. The van der Waals surface area contributed by atoms with Crippen molar-refractivity contribution in [1.82, 2.24) is 9.55 Å². The van der Waals surface area contributed by atoms with Crippen molar-refractivity contribution in [2.75, 3.05) is 20.3 Å². The van der Waals surface area contributed by atoms with Crippen LogP contribution >= 0.6 is 12.2 Å². The van der Waals surface area contributed by atoms with Crippen LogP contribution in [0.15, 0.2) is 18.2 Å². The molecule has 2 unspecified atom stereocenters. The fraction of sp³-hybridized carbons (Fsp3) is 0.500. The van der Waals surface area contributed by atoms with Crippen molar-refractivity contribution < 1.29 is 9.47 Å². The zero-order valence-electron chi connectivity index (χ0n) is 11.2. The highest BCUT2D eigenvalue weighted by molar-refractivity contribution is 7.71. The van der Waals surface area contributed by atoms with E-state index in [1.807, 2.05) is 12.1 Å². The second-order valence-corrected chi connectivity index (χ2v) is 5.41. The van der Waals surface area contributed by atoms with E-state index in [4.69, 9.17) is 21.7 Å². The Labute approximate surface area is 117 Å². The number of nitrogens with one attached hydrogen (secondary N) is 1. The number of para-hydroxylation sites is 1. The highest BCUT2D eigenvalue weighted by atomic mass is 32.1.